The number of hydrogen-bond acceptors (Lipinski definition) is 3. The van der Waals surface area contributed by atoms with Gasteiger partial charge in [-0.1, -0.05) is 48.7 Å². The summed E-state index contributed by atoms with van der Waals surface area (Å²) in [6, 6.07) is 6.49. The van der Waals surface area contributed by atoms with Crippen molar-refractivity contribution in [2.75, 3.05) is 0 Å². The van der Waals surface area contributed by atoms with Gasteiger partial charge in [0.2, 0.25) is 5.88 Å². The van der Waals surface area contributed by atoms with Crippen molar-refractivity contribution >= 4 is 34.8 Å². The highest BCUT2D eigenvalue weighted by atomic mass is 35.5. The Balaban J connectivity index is 2.35. The van der Waals surface area contributed by atoms with Gasteiger partial charge in [-0.15, -0.1) is 0 Å². The Bertz CT molecular complexity index is 602. The van der Waals surface area contributed by atoms with E-state index in [1.807, 2.05) is 13.8 Å². The lowest BCUT2D eigenvalue weighted by Crippen LogP contribution is -1.99. The van der Waals surface area contributed by atoms with Crippen molar-refractivity contribution in [3.63, 3.8) is 0 Å². The first-order valence-corrected chi connectivity index (χ1v) is 6.76. The Hall–Kier alpha value is -1.03. The molecule has 0 aliphatic carbocycles. The van der Waals surface area contributed by atoms with E-state index < -0.39 is 0 Å². The molecule has 0 spiro atoms. The summed E-state index contributed by atoms with van der Waals surface area (Å²) in [7, 11) is 0. The van der Waals surface area contributed by atoms with Crippen LogP contribution < -0.4 is 4.74 Å². The Kier molecular flexibility index (Phi) is 4.50. The second-order valence-electron chi connectivity index (χ2n) is 4.22. The third-order valence-corrected chi connectivity index (χ3v) is 3.05. The maximum Gasteiger partial charge on any atom is 0.224 e. The van der Waals surface area contributed by atoms with Gasteiger partial charge < -0.3 is 4.74 Å². The van der Waals surface area contributed by atoms with Gasteiger partial charge >= 0.3 is 0 Å². The van der Waals surface area contributed by atoms with Crippen molar-refractivity contribution in [2.24, 2.45) is 0 Å². The van der Waals surface area contributed by atoms with Gasteiger partial charge in [0.1, 0.15) is 16.7 Å². The Morgan fingerprint density at radius 3 is 2.47 bits per heavy atom. The molecule has 0 saturated carbocycles. The van der Waals surface area contributed by atoms with E-state index in [9.17, 15) is 0 Å². The van der Waals surface area contributed by atoms with Crippen LogP contribution in [0.5, 0.6) is 11.6 Å². The van der Waals surface area contributed by atoms with Gasteiger partial charge in [-0.2, -0.15) is 4.98 Å². The lowest BCUT2D eigenvalue weighted by atomic mass is 10.2. The molecule has 0 aliphatic heterocycles. The Labute approximate surface area is 126 Å². The summed E-state index contributed by atoms with van der Waals surface area (Å²) in [5.41, 5.74) is 0. The highest BCUT2D eigenvalue weighted by Gasteiger charge is 2.10. The average Bonchev–Trinajstić information content (AvgIpc) is 2.33. The predicted molar refractivity (Wildman–Crippen MR) is 77.7 cm³/mol. The van der Waals surface area contributed by atoms with Crippen LogP contribution in [0.4, 0.5) is 0 Å². The molecule has 0 aliphatic rings. The number of ether oxygens (including phenoxy) is 1. The zero-order valence-electron chi connectivity index (χ0n) is 10.3. The van der Waals surface area contributed by atoms with E-state index in [2.05, 4.69) is 9.97 Å². The molecule has 6 heteroatoms. The first-order valence-electron chi connectivity index (χ1n) is 5.63. The van der Waals surface area contributed by atoms with Crippen LogP contribution in [0.3, 0.4) is 0 Å². The summed E-state index contributed by atoms with van der Waals surface area (Å²) >= 11 is 17.9. The van der Waals surface area contributed by atoms with E-state index in [-0.39, 0.29) is 5.92 Å². The van der Waals surface area contributed by atoms with Gasteiger partial charge in [0, 0.05) is 23.1 Å². The van der Waals surface area contributed by atoms with Crippen LogP contribution in [0.1, 0.15) is 25.6 Å². The number of halogens is 3. The molecular formula is C13H11Cl3N2O. The normalized spacial score (nSPS) is 10.8. The van der Waals surface area contributed by atoms with Crippen LogP contribution in [0.2, 0.25) is 15.2 Å². The fourth-order valence-corrected chi connectivity index (χ4v) is 1.89. The number of nitrogens with zero attached hydrogens (tertiary/aromatic N) is 2. The Morgan fingerprint density at radius 1 is 1.05 bits per heavy atom. The second-order valence-corrected chi connectivity index (χ2v) is 5.45. The minimum absolute atomic E-state index is 0.149. The molecule has 0 saturated heterocycles. The maximum atomic E-state index is 6.03. The molecule has 0 atom stereocenters. The van der Waals surface area contributed by atoms with Crippen LogP contribution >= 0.6 is 34.8 Å². The SMILES string of the molecule is CC(C)c1nc(Cl)cc(Oc2cc(Cl)ccc2Cl)n1. The standard InChI is InChI=1S/C13H11Cl3N2O/c1-7(2)13-17-11(16)6-12(18-13)19-10-5-8(14)3-4-9(10)15/h3-7H,1-2H3. The van der Waals surface area contributed by atoms with Gasteiger partial charge in [0.05, 0.1) is 5.02 Å². The van der Waals surface area contributed by atoms with E-state index in [0.717, 1.165) is 0 Å². The molecule has 0 amide bonds. The molecule has 2 aromatic rings. The fraction of sp³-hybridized carbons (Fsp3) is 0.231. The number of aromatic nitrogens is 2. The molecule has 19 heavy (non-hydrogen) atoms. The summed E-state index contributed by atoms with van der Waals surface area (Å²) in [5, 5.41) is 1.31. The van der Waals surface area contributed by atoms with E-state index in [0.29, 0.717) is 32.7 Å². The first kappa shape index (κ1) is 14.4. The topological polar surface area (TPSA) is 35.0 Å². The third-order valence-electron chi connectivity index (χ3n) is 2.31. The number of benzene rings is 1. The lowest BCUT2D eigenvalue weighted by molar-refractivity contribution is 0.457. The molecule has 0 radical (unpaired) electrons. The first-order chi connectivity index (χ1) is 8.95. The lowest BCUT2D eigenvalue weighted by Gasteiger charge is -2.10. The highest BCUT2D eigenvalue weighted by Crippen LogP contribution is 2.32. The molecular weight excluding hydrogens is 307 g/mol. The van der Waals surface area contributed by atoms with Crippen molar-refractivity contribution in [1.29, 1.82) is 0 Å². The maximum absolute atomic E-state index is 6.03. The summed E-state index contributed by atoms with van der Waals surface area (Å²) in [6.45, 7) is 3.95. The third kappa shape index (κ3) is 3.72. The number of hydrogen-bond donors (Lipinski definition) is 0. The van der Waals surface area contributed by atoms with E-state index in [1.54, 1.807) is 18.2 Å². The van der Waals surface area contributed by atoms with Gasteiger partial charge in [-0.25, -0.2) is 4.98 Å². The molecule has 1 aromatic carbocycles. The van der Waals surface area contributed by atoms with Gasteiger partial charge in [0.15, 0.2) is 0 Å². The Morgan fingerprint density at radius 2 is 1.79 bits per heavy atom. The molecule has 3 nitrogen and oxygen atoms in total. The molecule has 0 N–H and O–H groups in total. The van der Waals surface area contributed by atoms with Gasteiger partial charge in [-0.05, 0) is 12.1 Å². The van der Waals surface area contributed by atoms with E-state index in [1.165, 1.54) is 6.07 Å². The van der Waals surface area contributed by atoms with Crippen LogP contribution in [0, 0.1) is 0 Å². The van der Waals surface area contributed by atoms with Crippen LogP contribution in [0.25, 0.3) is 0 Å². The van der Waals surface area contributed by atoms with Crippen molar-refractivity contribution in [1.82, 2.24) is 9.97 Å². The molecule has 1 aromatic heterocycles. The van der Waals surface area contributed by atoms with E-state index >= 15 is 0 Å². The monoisotopic (exact) mass is 316 g/mol. The van der Waals surface area contributed by atoms with Crippen LogP contribution in [-0.4, -0.2) is 9.97 Å². The predicted octanol–water partition coefficient (Wildman–Crippen LogP) is 5.35. The second kappa shape index (κ2) is 5.95. The fourth-order valence-electron chi connectivity index (χ4n) is 1.39. The highest BCUT2D eigenvalue weighted by molar-refractivity contribution is 6.34. The van der Waals surface area contributed by atoms with Crippen LogP contribution in [-0.2, 0) is 0 Å². The van der Waals surface area contributed by atoms with Crippen molar-refractivity contribution in [2.45, 2.75) is 19.8 Å². The van der Waals surface area contributed by atoms with Crippen molar-refractivity contribution in [3.05, 3.63) is 45.3 Å². The molecule has 0 unspecified atom stereocenters. The molecule has 0 fully saturated rings. The summed E-state index contributed by atoms with van der Waals surface area (Å²) in [6.07, 6.45) is 0. The number of rotatable bonds is 3. The van der Waals surface area contributed by atoms with E-state index in [4.69, 9.17) is 39.5 Å². The molecule has 1 heterocycles. The zero-order chi connectivity index (χ0) is 14.0. The van der Waals surface area contributed by atoms with Crippen molar-refractivity contribution in [3.8, 4) is 11.6 Å². The summed E-state index contributed by atoms with van der Waals surface area (Å²) < 4.78 is 5.61. The summed E-state index contributed by atoms with van der Waals surface area (Å²) in [4.78, 5) is 8.41. The van der Waals surface area contributed by atoms with Gasteiger partial charge in [0.25, 0.3) is 0 Å². The van der Waals surface area contributed by atoms with Crippen molar-refractivity contribution < 1.29 is 4.74 Å². The molecule has 100 valence electrons. The summed E-state index contributed by atoms with van der Waals surface area (Å²) in [5.74, 6) is 1.53. The van der Waals surface area contributed by atoms with Crippen LogP contribution in [0.15, 0.2) is 24.3 Å². The average molecular weight is 318 g/mol. The van der Waals surface area contributed by atoms with Gasteiger partial charge in [-0.3, -0.25) is 0 Å². The zero-order valence-corrected chi connectivity index (χ0v) is 12.6. The minimum atomic E-state index is 0.149. The minimum Gasteiger partial charge on any atom is -0.437 e. The molecule has 0 bridgehead atoms. The smallest absolute Gasteiger partial charge is 0.224 e. The largest absolute Gasteiger partial charge is 0.437 e. The molecule has 2 rings (SSSR count). The quantitative estimate of drug-likeness (QED) is 0.715.